The molecule has 0 spiro atoms. The van der Waals surface area contributed by atoms with Gasteiger partial charge in [-0.05, 0) is 54.1 Å². The smallest absolute Gasteiger partial charge is 0.416 e. The molecule has 33 heavy (non-hydrogen) atoms. The fraction of sp³-hybridized carbons (Fsp3) is 0.217. The molecule has 2 N–H and O–H groups in total. The van der Waals surface area contributed by atoms with Gasteiger partial charge in [-0.25, -0.2) is 4.79 Å². The Morgan fingerprint density at radius 1 is 1.06 bits per heavy atom. The first kappa shape index (κ1) is 22.3. The van der Waals surface area contributed by atoms with E-state index in [9.17, 15) is 18.0 Å². The minimum atomic E-state index is -4.42. The molecule has 4 aromatic rings. The van der Waals surface area contributed by atoms with Gasteiger partial charge in [0.15, 0.2) is 0 Å². The average Bonchev–Trinajstić information content (AvgIpc) is 3.26. The fourth-order valence-corrected chi connectivity index (χ4v) is 3.50. The van der Waals surface area contributed by atoms with E-state index in [1.54, 1.807) is 12.4 Å². The van der Waals surface area contributed by atoms with Gasteiger partial charge in [-0.2, -0.15) is 13.2 Å². The molecular formula is C23H19F3N4O3. The van der Waals surface area contributed by atoms with Crippen LogP contribution < -0.4 is 5.32 Å². The fourth-order valence-electron chi connectivity index (χ4n) is 3.50. The van der Waals surface area contributed by atoms with Gasteiger partial charge in [-0.3, -0.25) is 4.98 Å². The van der Waals surface area contributed by atoms with Gasteiger partial charge in [0, 0.05) is 35.8 Å². The largest absolute Gasteiger partial charge is 0.465 e. The summed E-state index contributed by atoms with van der Waals surface area (Å²) in [6, 6.07) is 11.7. The summed E-state index contributed by atoms with van der Waals surface area (Å²) in [4.78, 5) is 15.3. The van der Waals surface area contributed by atoms with Crippen LogP contribution >= 0.6 is 0 Å². The lowest BCUT2D eigenvalue weighted by Crippen LogP contribution is -2.35. The molecule has 2 heterocycles. The highest BCUT2D eigenvalue weighted by molar-refractivity contribution is 5.85. The number of benzene rings is 2. The number of rotatable bonds is 7. The van der Waals surface area contributed by atoms with Crippen LogP contribution in [-0.4, -0.2) is 32.4 Å². The van der Waals surface area contributed by atoms with Gasteiger partial charge in [0.2, 0.25) is 11.8 Å². The third-order valence-electron chi connectivity index (χ3n) is 5.15. The Morgan fingerprint density at radius 3 is 2.58 bits per heavy atom. The molecule has 0 aliphatic rings. The van der Waals surface area contributed by atoms with E-state index < -0.39 is 23.9 Å². The summed E-state index contributed by atoms with van der Waals surface area (Å²) in [6.07, 6.45) is -1.33. The van der Waals surface area contributed by atoms with Gasteiger partial charge in [0.25, 0.3) is 0 Å². The molecule has 2 aromatic carbocycles. The number of pyridine rings is 1. The second-order valence-electron chi connectivity index (χ2n) is 7.52. The van der Waals surface area contributed by atoms with Crippen molar-refractivity contribution in [1.82, 2.24) is 20.5 Å². The molecule has 0 radical (unpaired) electrons. The molecule has 0 aliphatic heterocycles. The lowest BCUT2D eigenvalue weighted by atomic mass is 10.0. The third kappa shape index (κ3) is 5.65. The maximum atomic E-state index is 12.7. The second kappa shape index (κ2) is 9.27. The maximum absolute atomic E-state index is 12.7. The number of alkyl halides is 3. The van der Waals surface area contributed by atoms with E-state index in [2.05, 4.69) is 20.5 Å². The first-order valence-corrected chi connectivity index (χ1v) is 10.1. The topological polar surface area (TPSA) is 101 Å². The van der Waals surface area contributed by atoms with Crippen molar-refractivity contribution in [3.63, 3.8) is 0 Å². The Kier molecular flexibility index (Phi) is 6.25. The van der Waals surface area contributed by atoms with Crippen molar-refractivity contribution in [3.8, 4) is 11.5 Å². The highest BCUT2D eigenvalue weighted by atomic mass is 19.4. The van der Waals surface area contributed by atoms with Crippen molar-refractivity contribution in [2.75, 3.05) is 0 Å². The Balaban J connectivity index is 1.42. The van der Waals surface area contributed by atoms with Gasteiger partial charge in [-0.1, -0.05) is 18.2 Å². The number of fused-ring (bicyclic) bond motifs is 1. The van der Waals surface area contributed by atoms with Gasteiger partial charge >= 0.3 is 12.3 Å². The van der Waals surface area contributed by atoms with E-state index in [1.165, 1.54) is 12.1 Å². The monoisotopic (exact) mass is 456 g/mol. The molecule has 0 saturated carbocycles. The zero-order chi connectivity index (χ0) is 23.4. The Bertz CT molecular complexity index is 1260. The van der Waals surface area contributed by atoms with Crippen molar-refractivity contribution in [3.05, 3.63) is 77.9 Å². The molecule has 1 atom stereocenters. The van der Waals surface area contributed by atoms with Gasteiger partial charge in [-0.15, -0.1) is 10.2 Å². The summed E-state index contributed by atoms with van der Waals surface area (Å²) in [5.74, 6) is 0.679. The van der Waals surface area contributed by atoms with Crippen LogP contribution in [0.3, 0.4) is 0 Å². The molecule has 0 bridgehead atoms. The number of hydrogen-bond acceptors (Lipinski definition) is 5. The molecule has 4 rings (SSSR count). The van der Waals surface area contributed by atoms with Crippen LogP contribution in [0.1, 0.15) is 23.4 Å². The molecule has 1 amide bonds. The van der Waals surface area contributed by atoms with Crippen LogP contribution in [0.15, 0.2) is 65.3 Å². The SMILES string of the molecule is O=C(O)N[C@H](CCc1nnc(-c2ccc3cnccc3c2)o1)Cc1ccc(C(F)(F)F)cc1. The number of aromatic nitrogens is 3. The van der Waals surface area contributed by atoms with E-state index in [1.807, 2.05) is 24.3 Å². The molecule has 0 saturated heterocycles. The highest BCUT2D eigenvalue weighted by Gasteiger charge is 2.30. The van der Waals surface area contributed by atoms with Gasteiger partial charge < -0.3 is 14.8 Å². The lowest BCUT2D eigenvalue weighted by molar-refractivity contribution is -0.137. The van der Waals surface area contributed by atoms with E-state index in [0.29, 0.717) is 30.2 Å². The molecule has 0 unspecified atom stereocenters. The number of hydrogen-bond donors (Lipinski definition) is 2. The number of aryl methyl sites for hydroxylation is 1. The Morgan fingerprint density at radius 2 is 1.85 bits per heavy atom. The summed E-state index contributed by atoms with van der Waals surface area (Å²) < 4.78 is 44.0. The van der Waals surface area contributed by atoms with E-state index in [-0.39, 0.29) is 6.42 Å². The van der Waals surface area contributed by atoms with Crippen LogP contribution in [0.4, 0.5) is 18.0 Å². The van der Waals surface area contributed by atoms with Gasteiger partial charge in [0.05, 0.1) is 5.56 Å². The molecule has 170 valence electrons. The zero-order valence-electron chi connectivity index (χ0n) is 17.2. The van der Waals surface area contributed by atoms with Crippen LogP contribution in [0.25, 0.3) is 22.2 Å². The number of nitrogens with one attached hydrogen (secondary N) is 1. The summed E-state index contributed by atoms with van der Waals surface area (Å²) in [6.45, 7) is 0. The number of nitrogens with zero attached hydrogens (tertiary/aromatic N) is 3. The minimum absolute atomic E-state index is 0.226. The van der Waals surface area contributed by atoms with Crippen molar-refractivity contribution in [2.24, 2.45) is 0 Å². The predicted molar refractivity (Wildman–Crippen MR) is 113 cm³/mol. The van der Waals surface area contributed by atoms with Crippen LogP contribution in [0.5, 0.6) is 0 Å². The summed E-state index contributed by atoms with van der Waals surface area (Å²) in [7, 11) is 0. The Hall–Kier alpha value is -3.95. The van der Waals surface area contributed by atoms with Crippen LogP contribution in [0, 0.1) is 0 Å². The second-order valence-corrected chi connectivity index (χ2v) is 7.52. The number of carbonyl (C=O) groups is 1. The highest BCUT2D eigenvalue weighted by Crippen LogP contribution is 2.29. The predicted octanol–water partition coefficient (Wildman–Crippen LogP) is 5.12. The number of halogens is 3. The molecule has 10 heteroatoms. The van der Waals surface area contributed by atoms with Crippen molar-refractivity contribution < 1.29 is 27.5 Å². The Labute approximate surface area is 186 Å². The third-order valence-corrected chi connectivity index (χ3v) is 5.15. The van der Waals surface area contributed by atoms with E-state index in [4.69, 9.17) is 9.52 Å². The van der Waals surface area contributed by atoms with Crippen LogP contribution in [0.2, 0.25) is 0 Å². The normalized spacial score (nSPS) is 12.6. The summed E-state index contributed by atoms with van der Waals surface area (Å²) in [5.41, 5.74) is 0.577. The van der Waals surface area contributed by atoms with E-state index >= 15 is 0 Å². The standard InChI is InChI=1S/C23H19F3N4O3/c24-23(25,26)18-5-1-14(2-6-18)11-19(28-22(31)32)7-8-20-29-30-21(33-20)16-3-4-17-13-27-10-9-15(17)12-16/h1-6,9-10,12-13,19,28H,7-8,11H2,(H,31,32)/t19-/m1/s1. The first-order chi connectivity index (χ1) is 15.8. The lowest BCUT2D eigenvalue weighted by Gasteiger charge is -2.16. The average molecular weight is 456 g/mol. The molecule has 2 aromatic heterocycles. The zero-order valence-corrected chi connectivity index (χ0v) is 17.2. The number of carboxylic acid groups (broad SMARTS) is 1. The molecule has 7 nitrogen and oxygen atoms in total. The summed E-state index contributed by atoms with van der Waals surface area (Å²) in [5, 5.41) is 21.6. The molecule has 0 aliphatic carbocycles. The first-order valence-electron chi connectivity index (χ1n) is 10.1. The van der Waals surface area contributed by atoms with Crippen molar-refractivity contribution in [1.29, 1.82) is 0 Å². The van der Waals surface area contributed by atoms with Crippen LogP contribution in [-0.2, 0) is 19.0 Å². The quantitative estimate of drug-likeness (QED) is 0.401. The van der Waals surface area contributed by atoms with Crippen molar-refractivity contribution >= 4 is 16.9 Å². The van der Waals surface area contributed by atoms with Gasteiger partial charge in [0.1, 0.15) is 0 Å². The molecule has 0 fully saturated rings. The number of amides is 1. The minimum Gasteiger partial charge on any atom is -0.465 e. The van der Waals surface area contributed by atoms with Crippen molar-refractivity contribution in [2.45, 2.75) is 31.5 Å². The maximum Gasteiger partial charge on any atom is 0.416 e. The summed E-state index contributed by atoms with van der Waals surface area (Å²) >= 11 is 0. The molecular weight excluding hydrogens is 437 g/mol. The van der Waals surface area contributed by atoms with E-state index in [0.717, 1.165) is 28.5 Å².